The fraction of sp³-hybridized carbons (Fsp3) is 0.300. The van der Waals surface area contributed by atoms with Crippen LogP contribution in [0.25, 0.3) is 0 Å². The van der Waals surface area contributed by atoms with Gasteiger partial charge in [-0.2, -0.15) is 0 Å². The highest BCUT2D eigenvalue weighted by Crippen LogP contribution is 2.24. The summed E-state index contributed by atoms with van der Waals surface area (Å²) in [5, 5.41) is 0.844. The van der Waals surface area contributed by atoms with E-state index in [1.165, 1.54) is 6.42 Å². The second-order valence-electron chi connectivity index (χ2n) is 6.08. The molecule has 1 aliphatic heterocycles. The second-order valence-corrected chi connectivity index (χ2v) is 6.90. The lowest BCUT2D eigenvalue weighted by Gasteiger charge is -2.25. The van der Waals surface area contributed by atoms with Gasteiger partial charge < -0.3 is 4.90 Å². The van der Waals surface area contributed by atoms with E-state index in [2.05, 4.69) is 0 Å². The number of hydrogen-bond acceptors (Lipinski definition) is 3. The Morgan fingerprint density at radius 3 is 2.50 bits per heavy atom. The largest absolute Gasteiger partial charge is 0.322 e. The summed E-state index contributed by atoms with van der Waals surface area (Å²) < 4.78 is 0. The lowest BCUT2D eigenvalue weighted by atomic mass is 10.1. The molecule has 0 amide bonds. The number of anilines is 1. The number of carbonyl (C=O) groups excluding carboxylic acids is 1. The number of hydrogen-bond donors (Lipinski definition) is 0. The summed E-state index contributed by atoms with van der Waals surface area (Å²) in [6, 6.07) is 14.9. The zero-order valence-corrected chi connectivity index (χ0v) is 17.6. The number of nitrogens with zero attached hydrogens (tertiary/aromatic N) is 2. The van der Waals surface area contributed by atoms with Crippen molar-refractivity contribution < 1.29 is 4.79 Å². The number of carbonyl (C=O) groups is 1. The molecular weight excluding hydrogens is 435 g/mol. The molecule has 0 spiro atoms. The highest BCUT2D eigenvalue weighted by atomic mass is 79.9. The molecule has 138 valence electrons. The number of rotatable bonds is 4. The molecule has 1 aliphatic rings. The van der Waals surface area contributed by atoms with E-state index in [4.69, 9.17) is 28.2 Å². The van der Waals surface area contributed by atoms with Crippen LogP contribution in [0.15, 0.2) is 53.5 Å². The number of aliphatic imine (C=N–C) groups is 1. The van der Waals surface area contributed by atoms with Crippen molar-refractivity contribution in [3.8, 4) is 0 Å². The number of benzene rings is 2. The quantitative estimate of drug-likeness (QED) is 0.511. The average molecular weight is 456 g/mol. The summed E-state index contributed by atoms with van der Waals surface area (Å²) in [6.07, 6.45) is 4.27. The zero-order valence-electron chi connectivity index (χ0n) is 14.3. The molecule has 0 radical (unpaired) electrons. The van der Waals surface area contributed by atoms with Crippen LogP contribution in [0, 0.1) is 0 Å². The summed E-state index contributed by atoms with van der Waals surface area (Å²) in [4.78, 5) is 19.6. The molecule has 2 aromatic rings. The molecule has 3 nitrogen and oxygen atoms in total. The Hall–Kier alpha value is -1.36. The van der Waals surface area contributed by atoms with Crippen molar-refractivity contribution in [2.75, 3.05) is 18.0 Å². The third-order valence-electron chi connectivity index (χ3n) is 4.28. The highest BCUT2D eigenvalue weighted by Gasteiger charge is 2.19. The van der Waals surface area contributed by atoms with Gasteiger partial charge >= 0.3 is 0 Å². The number of Topliss-reactive ketones (excluding diaryl/α,β-unsaturated/α-hetero) is 1. The first-order chi connectivity index (χ1) is 12.1. The Bertz CT molecular complexity index is 781. The van der Waals surface area contributed by atoms with Gasteiger partial charge in [-0.3, -0.25) is 9.79 Å². The Labute approximate surface area is 174 Å². The van der Waals surface area contributed by atoms with Crippen molar-refractivity contribution in [2.45, 2.75) is 25.7 Å². The van der Waals surface area contributed by atoms with Gasteiger partial charge in [0.1, 0.15) is 5.84 Å². The monoisotopic (exact) mass is 454 g/mol. The van der Waals surface area contributed by atoms with Gasteiger partial charge in [0.15, 0.2) is 5.78 Å². The zero-order chi connectivity index (χ0) is 17.6. The lowest BCUT2D eigenvalue weighted by Crippen LogP contribution is -2.35. The first-order valence-electron chi connectivity index (χ1n) is 8.49. The summed E-state index contributed by atoms with van der Waals surface area (Å²) in [7, 11) is 0. The van der Waals surface area contributed by atoms with E-state index in [0.29, 0.717) is 15.6 Å². The summed E-state index contributed by atoms with van der Waals surface area (Å²) in [5.41, 5.74) is 1.54. The topological polar surface area (TPSA) is 32.7 Å². The molecule has 1 heterocycles. The van der Waals surface area contributed by atoms with E-state index in [0.717, 1.165) is 37.3 Å². The first kappa shape index (κ1) is 20.9. The maximum Gasteiger partial charge on any atom is 0.182 e. The van der Waals surface area contributed by atoms with Gasteiger partial charge in [0.2, 0.25) is 0 Å². The van der Waals surface area contributed by atoms with Crippen molar-refractivity contribution in [2.24, 2.45) is 4.99 Å². The fourth-order valence-electron chi connectivity index (χ4n) is 2.92. The van der Waals surface area contributed by atoms with Crippen LogP contribution in [0.4, 0.5) is 5.69 Å². The van der Waals surface area contributed by atoms with Crippen molar-refractivity contribution >= 4 is 57.5 Å². The van der Waals surface area contributed by atoms with Crippen LogP contribution in [0.1, 0.15) is 36.0 Å². The normalized spacial score (nSPS) is 14.0. The molecule has 0 atom stereocenters. The smallest absolute Gasteiger partial charge is 0.182 e. The van der Waals surface area contributed by atoms with Crippen molar-refractivity contribution in [3.63, 3.8) is 0 Å². The van der Waals surface area contributed by atoms with Gasteiger partial charge in [-0.05, 0) is 43.2 Å². The molecular formula is C20H21BrCl2N2O. The van der Waals surface area contributed by atoms with Crippen LogP contribution in [0.3, 0.4) is 0 Å². The minimum Gasteiger partial charge on any atom is -0.322 e. The van der Waals surface area contributed by atoms with Gasteiger partial charge in [0, 0.05) is 24.2 Å². The van der Waals surface area contributed by atoms with E-state index in [1.54, 1.807) is 18.2 Å². The molecule has 6 heteroatoms. The minimum atomic E-state index is -0.00522. The number of ketones is 1. The maximum atomic E-state index is 12.8. The van der Waals surface area contributed by atoms with Crippen LogP contribution in [-0.4, -0.2) is 24.7 Å². The molecule has 0 aromatic heterocycles. The van der Waals surface area contributed by atoms with Gasteiger partial charge in [-0.1, -0.05) is 47.8 Å². The van der Waals surface area contributed by atoms with Gasteiger partial charge in [0.25, 0.3) is 0 Å². The van der Waals surface area contributed by atoms with E-state index >= 15 is 0 Å². The third kappa shape index (κ3) is 5.32. The molecule has 0 N–H and O–H groups in total. The fourth-order valence-corrected chi connectivity index (χ4v) is 3.22. The molecule has 0 aliphatic carbocycles. The number of amidine groups is 1. The van der Waals surface area contributed by atoms with Crippen LogP contribution < -0.4 is 4.90 Å². The Morgan fingerprint density at radius 1 is 1.00 bits per heavy atom. The third-order valence-corrected chi connectivity index (χ3v) is 5.01. The SMILES string of the molecule is Br.O=C(CN(C1=NCCCCC1)c1ccccc1)c1ccc(Cl)c(Cl)c1. The molecule has 0 unspecified atom stereocenters. The van der Waals surface area contributed by atoms with Crippen LogP contribution in [0.5, 0.6) is 0 Å². The first-order valence-corrected chi connectivity index (χ1v) is 9.25. The molecule has 26 heavy (non-hydrogen) atoms. The Balaban J connectivity index is 0.00000243. The van der Waals surface area contributed by atoms with Crippen molar-refractivity contribution in [1.29, 1.82) is 0 Å². The van der Waals surface area contributed by atoms with Crippen molar-refractivity contribution in [1.82, 2.24) is 0 Å². The average Bonchev–Trinajstić information content (AvgIpc) is 2.92. The molecule has 0 saturated heterocycles. The maximum absolute atomic E-state index is 12.8. The molecule has 0 bridgehead atoms. The van der Waals surface area contributed by atoms with Crippen LogP contribution >= 0.6 is 40.2 Å². The summed E-state index contributed by atoms with van der Waals surface area (Å²) in [5.74, 6) is 0.978. The molecule has 0 saturated carbocycles. The van der Waals surface area contributed by atoms with E-state index in [9.17, 15) is 4.79 Å². The van der Waals surface area contributed by atoms with Gasteiger partial charge in [-0.25, -0.2) is 0 Å². The van der Waals surface area contributed by atoms with E-state index in [1.807, 2.05) is 35.2 Å². The number of para-hydroxylation sites is 1. The highest BCUT2D eigenvalue weighted by molar-refractivity contribution is 8.93. The number of halogens is 3. The lowest BCUT2D eigenvalue weighted by molar-refractivity contribution is 0.100. The second kappa shape index (κ2) is 10.1. The molecule has 2 aromatic carbocycles. The van der Waals surface area contributed by atoms with Crippen LogP contribution in [0.2, 0.25) is 10.0 Å². The molecule has 3 rings (SSSR count). The molecule has 0 fully saturated rings. The van der Waals surface area contributed by atoms with E-state index in [-0.39, 0.29) is 29.3 Å². The minimum absolute atomic E-state index is 0. The van der Waals surface area contributed by atoms with Crippen molar-refractivity contribution in [3.05, 3.63) is 64.1 Å². The predicted molar refractivity (Wildman–Crippen MR) is 116 cm³/mol. The standard InChI is InChI=1S/C20H20Cl2N2O.BrH/c21-17-11-10-15(13-18(17)22)19(25)14-24(16-7-3-1-4-8-16)20-9-5-2-6-12-23-20;/h1,3-4,7-8,10-11,13H,2,5-6,9,12,14H2;1H. The summed E-state index contributed by atoms with van der Waals surface area (Å²) >= 11 is 12.0. The Morgan fingerprint density at radius 2 is 1.77 bits per heavy atom. The van der Waals surface area contributed by atoms with Gasteiger partial charge in [-0.15, -0.1) is 17.0 Å². The van der Waals surface area contributed by atoms with Gasteiger partial charge in [0.05, 0.1) is 16.6 Å². The van der Waals surface area contributed by atoms with E-state index < -0.39 is 0 Å². The van der Waals surface area contributed by atoms with Crippen LogP contribution in [-0.2, 0) is 0 Å². The summed E-state index contributed by atoms with van der Waals surface area (Å²) in [6.45, 7) is 1.06. The predicted octanol–water partition coefficient (Wildman–Crippen LogP) is 6.23. The Kier molecular flexibility index (Phi) is 8.14.